The average Bonchev–Trinajstić information content (AvgIpc) is 3.15. The van der Waals surface area contributed by atoms with Crippen LogP contribution in [0.5, 0.6) is 0 Å². The van der Waals surface area contributed by atoms with Crippen LogP contribution in [-0.4, -0.2) is 27.7 Å². The molecule has 0 bridgehead atoms. The largest absolute Gasteiger partial charge is 0.381 e. The maximum absolute atomic E-state index is 5.68. The van der Waals surface area contributed by atoms with Crippen molar-refractivity contribution in [3.8, 4) is 11.4 Å². The molecule has 5 heteroatoms. The second kappa shape index (κ2) is 8.09. The van der Waals surface area contributed by atoms with E-state index in [1.807, 2.05) is 12.3 Å². The summed E-state index contributed by atoms with van der Waals surface area (Å²) in [6.07, 6.45) is 3.89. The number of halogens is 1. The van der Waals surface area contributed by atoms with Crippen molar-refractivity contribution >= 4 is 27.1 Å². The molecule has 1 fully saturated rings. The van der Waals surface area contributed by atoms with Gasteiger partial charge in [-0.05, 0) is 46.3 Å². The number of rotatable bonds is 4. The maximum atomic E-state index is 5.68. The molecule has 1 aliphatic heterocycles. The molecule has 0 N–H and O–H groups in total. The van der Waals surface area contributed by atoms with E-state index in [2.05, 4.69) is 86.1 Å². The first-order valence-electron chi connectivity index (χ1n) is 10.0. The van der Waals surface area contributed by atoms with Crippen molar-refractivity contribution < 1.29 is 4.74 Å². The third-order valence-electron chi connectivity index (χ3n) is 5.68. The minimum absolute atomic E-state index is 0.177. The van der Waals surface area contributed by atoms with Crippen molar-refractivity contribution in [2.24, 2.45) is 5.92 Å². The Morgan fingerprint density at radius 1 is 0.966 bits per heavy atom. The number of hydrogen-bond donors (Lipinski definition) is 0. The molecule has 0 saturated carbocycles. The molecule has 0 amide bonds. The molecular weight excluding hydrogens is 426 g/mol. The number of aromatic nitrogens is 3. The summed E-state index contributed by atoms with van der Waals surface area (Å²) in [4.78, 5) is 9.57. The highest BCUT2D eigenvalue weighted by Crippen LogP contribution is 2.39. The number of imidazole rings is 1. The van der Waals surface area contributed by atoms with E-state index in [9.17, 15) is 0 Å². The molecule has 2 aromatic carbocycles. The Balaban J connectivity index is 1.78. The Morgan fingerprint density at radius 3 is 2.38 bits per heavy atom. The molecule has 146 valence electrons. The van der Waals surface area contributed by atoms with Crippen LogP contribution < -0.4 is 0 Å². The van der Waals surface area contributed by atoms with Gasteiger partial charge in [0.25, 0.3) is 0 Å². The molecule has 1 saturated heterocycles. The smallest absolute Gasteiger partial charge is 0.178 e. The Labute approximate surface area is 178 Å². The molecule has 0 radical (unpaired) electrons. The molecule has 29 heavy (non-hydrogen) atoms. The van der Waals surface area contributed by atoms with Gasteiger partial charge < -0.3 is 9.30 Å². The third kappa shape index (κ3) is 3.61. The molecule has 0 aliphatic carbocycles. The maximum Gasteiger partial charge on any atom is 0.178 e. The lowest BCUT2D eigenvalue weighted by Crippen LogP contribution is -2.27. The normalized spacial score (nSPS) is 16.2. The molecule has 0 spiro atoms. The monoisotopic (exact) mass is 447 g/mol. The summed E-state index contributed by atoms with van der Waals surface area (Å²) in [5.74, 6) is 1.44. The van der Waals surface area contributed by atoms with Gasteiger partial charge in [0.1, 0.15) is 5.82 Å². The van der Waals surface area contributed by atoms with Crippen molar-refractivity contribution in [3.63, 3.8) is 0 Å². The van der Waals surface area contributed by atoms with Crippen molar-refractivity contribution in [2.75, 3.05) is 13.2 Å². The predicted molar refractivity (Wildman–Crippen MR) is 119 cm³/mol. The molecule has 4 aromatic rings. The van der Waals surface area contributed by atoms with Crippen LogP contribution in [0, 0.1) is 5.92 Å². The second-order valence-corrected chi connectivity index (χ2v) is 8.39. The first-order chi connectivity index (χ1) is 14.3. The van der Waals surface area contributed by atoms with Gasteiger partial charge in [-0.1, -0.05) is 60.7 Å². The van der Waals surface area contributed by atoms with Crippen LogP contribution in [0.25, 0.3) is 22.6 Å². The summed E-state index contributed by atoms with van der Waals surface area (Å²) >= 11 is 3.61. The van der Waals surface area contributed by atoms with Crippen LogP contribution in [0.2, 0.25) is 0 Å². The van der Waals surface area contributed by atoms with E-state index in [1.165, 1.54) is 5.56 Å². The van der Waals surface area contributed by atoms with Crippen molar-refractivity contribution in [1.29, 1.82) is 0 Å². The first kappa shape index (κ1) is 18.5. The number of pyridine rings is 1. The number of nitrogens with zero attached hydrogens (tertiary/aromatic N) is 3. The molecule has 2 aromatic heterocycles. The number of hydrogen-bond acceptors (Lipinski definition) is 3. The summed E-state index contributed by atoms with van der Waals surface area (Å²) in [7, 11) is 0. The Bertz CT molecular complexity index is 1110. The van der Waals surface area contributed by atoms with Gasteiger partial charge in [-0.2, -0.15) is 0 Å². The Kier molecular flexibility index (Phi) is 5.17. The van der Waals surface area contributed by atoms with E-state index in [4.69, 9.17) is 9.72 Å². The minimum atomic E-state index is 0.177. The summed E-state index contributed by atoms with van der Waals surface area (Å²) in [6.45, 7) is 1.62. The molecule has 1 atom stereocenters. The molecule has 1 aliphatic rings. The van der Waals surface area contributed by atoms with E-state index < -0.39 is 0 Å². The molecular formula is C24H22BrN3O. The zero-order chi connectivity index (χ0) is 19.6. The fourth-order valence-electron chi connectivity index (χ4n) is 4.34. The second-order valence-electron chi connectivity index (χ2n) is 7.47. The van der Waals surface area contributed by atoms with E-state index in [1.54, 1.807) is 0 Å². The van der Waals surface area contributed by atoms with E-state index in [0.717, 1.165) is 53.1 Å². The highest BCUT2D eigenvalue weighted by atomic mass is 79.9. The van der Waals surface area contributed by atoms with E-state index in [0.29, 0.717) is 5.92 Å². The summed E-state index contributed by atoms with van der Waals surface area (Å²) in [5, 5.41) is 0. The van der Waals surface area contributed by atoms with Gasteiger partial charge >= 0.3 is 0 Å². The fourth-order valence-corrected chi connectivity index (χ4v) is 4.66. The van der Waals surface area contributed by atoms with Crippen LogP contribution in [-0.2, 0) is 4.74 Å². The number of ether oxygens (including phenoxy) is 1. The SMILES string of the molecule is Brc1cnc2nc(-c3ccccc3)n(C(c3ccccc3)C3CCOCC3)c2c1. The zero-order valence-corrected chi connectivity index (χ0v) is 17.6. The van der Waals surface area contributed by atoms with Crippen LogP contribution >= 0.6 is 15.9 Å². The highest BCUT2D eigenvalue weighted by Gasteiger charge is 2.30. The van der Waals surface area contributed by atoms with Gasteiger partial charge in [-0.3, -0.25) is 0 Å². The van der Waals surface area contributed by atoms with Gasteiger partial charge in [0.05, 0.1) is 11.6 Å². The lowest BCUT2D eigenvalue weighted by atomic mass is 9.86. The summed E-state index contributed by atoms with van der Waals surface area (Å²) in [6, 6.07) is 23.5. The number of fused-ring (bicyclic) bond motifs is 1. The van der Waals surface area contributed by atoms with Crippen molar-refractivity contribution in [1.82, 2.24) is 14.5 Å². The minimum Gasteiger partial charge on any atom is -0.381 e. The van der Waals surface area contributed by atoms with Gasteiger partial charge in [-0.15, -0.1) is 0 Å². The lowest BCUT2D eigenvalue weighted by molar-refractivity contribution is 0.0549. The number of benzene rings is 2. The molecule has 3 heterocycles. The molecule has 1 unspecified atom stereocenters. The van der Waals surface area contributed by atoms with E-state index in [-0.39, 0.29) is 6.04 Å². The van der Waals surface area contributed by atoms with Gasteiger partial charge in [0.2, 0.25) is 0 Å². The predicted octanol–water partition coefficient (Wildman–Crippen LogP) is 5.88. The quantitative estimate of drug-likeness (QED) is 0.392. The first-order valence-corrected chi connectivity index (χ1v) is 10.8. The highest BCUT2D eigenvalue weighted by molar-refractivity contribution is 9.10. The summed E-state index contributed by atoms with van der Waals surface area (Å²) < 4.78 is 9.04. The third-order valence-corrected chi connectivity index (χ3v) is 6.11. The molecule has 4 nitrogen and oxygen atoms in total. The topological polar surface area (TPSA) is 39.9 Å². The van der Waals surface area contributed by atoms with Gasteiger partial charge in [0.15, 0.2) is 5.65 Å². The van der Waals surface area contributed by atoms with Crippen LogP contribution in [0.4, 0.5) is 0 Å². The lowest BCUT2D eigenvalue weighted by Gasteiger charge is -2.33. The van der Waals surface area contributed by atoms with Gasteiger partial charge in [-0.25, -0.2) is 9.97 Å². The van der Waals surface area contributed by atoms with E-state index >= 15 is 0 Å². The fraction of sp³-hybridized carbons (Fsp3) is 0.250. The Hall–Kier alpha value is -2.50. The average molecular weight is 448 g/mol. The van der Waals surface area contributed by atoms with Crippen LogP contribution in [0.15, 0.2) is 77.4 Å². The standard InChI is InChI=1S/C24H22BrN3O/c25-20-15-21-23(26-16-20)27-24(19-9-5-2-6-10-19)28(21)22(17-7-3-1-4-8-17)18-11-13-29-14-12-18/h1-10,15-16,18,22H,11-14H2. The van der Waals surface area contributed by atoms with Crippen molar-refractivity contribution in [2.45, 2.75) is 18.9 Å². The van der Waals surface area contributed by atoms with Gasteiger partial charge in [0, 0.05) is 29.4 Å². The van der Waals surface area contributed by atoms with Crippen LogP contribution in [0.3, 0.4) is 0 Å². The van der Waals surface area contributed by atoms with Crippen LogP contribution in [0.1, 0.15) is 24.4 Å². The molecule has 5 rings (SSSR count). The summed E-state index contributed by atoms with van der Waals surface area (Å²) in [5.41, 5.74) is 4.24. The Morgan fingerprint density at radius 2 is 1.66 bits per heavy atom. The van der Waals surface area contributed by atoms with Crippen molar-refractivity contribution in [3.05, 3.63) is 83.0 Å². The zero-order valence-electron chi connectivity index (χ0n) is 16.0.